The molecular formula is C22H16Cl2N8S. The van der Waals surface area contributed by atoms with Crippen molar-refractivity contribution in [2.45, 2.75) is 10.9 Å². The molecule has 0 N–H and O–H groups in total. The zero-order chi connectivity index (χ0) is 22.8. The number of rotatable bonds is 6. The molecule has 0 saturated heterocycles. The molecule has 11 heteroatoms. The van der Waals surface area contributed by atoms with E-state index >= 15 is 0 Å². The van der Waals surface area contributed by atoms with Gasteiger partial charge in [-0.2, -0.15) is 0 Å². The van der Waals surface area contributed by atoms with Crippen LogP contribution in [0.25, 0.3) is 28.5 Å². The number of aromatic nitrogens is 8. The van der Waals surface area contributed by atoms with Gasteiger partial charge in [0.1, 0.15) is 11.0 Å². The highest BCUT2D eigenvalue weighted by atomic mass is 35.5. The van der Waals surface area contributed by atoms with Crippen LogP contribution in [0.4, 0.5) is 0 Å². The van der Waals surface area contributed by atoms with Crippen LogP contribution in [0.2, 0.25) is 10.2 Å². The molecule has 0 spiro atoms. The number of hydrogen-bond donors (Lipinski definition) is 0. The quantitative estimate of drug-likeness (QED) is 0.239. The maximum absolute atomic E-state index is 6.53. The van der Waals surface area contributed by atoms with Crippen molar-refractivity contribution in [1.82, 2.24) is 39.5 Å². The van der Waals surface area contributed by atoms with Gasteiger partial charge in [-0.3, -0.25) is 9.55 Å². The standard InChI is InChI=1S/C22H16Cl2N8S/c1-31-19(27-28-20(31)15-6-7-18(24)26-12-15)13-33-22-30-29-21(14-8-10-25-11-9-14)32(22)17-5-3-2-4-16(17)23/h2-12H,13H2,1H3. The van der Waals surface area contributed by atoms with Gasteiger partial charge in [-0.05, 0) is 36.4 Å². The van der Waals surface area contributed by atoms with E-state index in [0.717, 1.165) is 22.6 Å². The Morgan fingerprint density at radius 2 is 1.64 bits per heavy atom. The average molecular weight is 495 g/mol. The molecule has 1 aromatic carbocycles. The van der Waals surface area contributed by atoms with Crippen molar-refractivity contribution < 1.29 is 0 Å². The summed E-state index contributed by atoms with van der Waals surface area (Å²) in [6.07, 6.45) is 5.12. The molecule has 4 heterocycles. The van der Waals surface area contributed by atoms with Crippen molar-refractivity contribution in [2.75, 3.05) is 0 Å². The molecule has 0 radical (unpaired) electrons. The Kier molecular flexibility index (Phi) is 6.08. The first kappa shape index (κ1) is 21.6. The summed E-state index contributed by atoms with van der Waals surface area (Å²) in [6.45, 7) is 0. The van der Waals surface area contributed by atoms with Gasteiger partial charge in [-0.25, -0.2) is 4.98 Å². The molecule has 0 unspecified atom stereocenters. The van der Waals surface area contributed by atoms with Crippen molar-refractivity contribution in [3.05, 3.63) is 83.1 Å². The van der Waals surface area contributed by atoms with E-state index in [-0.39, 0.29) is 0 Å². The van der Waals surface area contributed by atoms with Crippen LogP contribution in [-0.4, -0.2) is 39.5 Å². The third kappa shape index (κ3) is 4.35. The van der Waals surface area contributed by atoms with Crippen LogP contribution in [0.1, 0.15) is 5.82 Å². The zero-order valence-electron chi connectivity index (χ0n) is 17.3. The van der Waals surface area contributed by atoms with Crippen molar-refractivity contribution in [2.24, 2.45) is 7.05 Å². The van der Waals surface area contributed by atoms with Crippen LogP contribution in [0.5, 0.6) is 0 Å². The van der Waals surface area contributed by atoms with E-state index in [9.17, 15) is 0 Å². The first-order valence-electron chi connectivity index (χ1n) is 9.85. The summed E-state index contributed by atoms with van der Waals surface area (Å²) in [6, 6.07) is 15.0. The highest BCUT2D eigenvalue weighted by Crippen LogP contribution is 2.32. The minimum absolute atomic E-state index is 0.431. The van der Waals surface area contributed by atoms with Gasteiger partial charge in [0.05, 0.1) is 16.5 Å². The fourth-order valence-electron chi connectivity index (χ4n) is 3.28. The molecular weight excluding hydrogens is 479 g/mol. The summed E-state index contributed by atoms with van der Waals surface area (Å²) < 4.78 is 3.88. The number of benzene rings is 1. The molecule has 0 aliphatic rings. The number of nitrogens with zero attached hydrogens (tertiary/aromatic N) is 8. The van der Waals surface area contributed by atoms with E-state index < -0.39 is 0 Å². The highest BCUT2D eigenvalue weighted by molar-refractivity contribution is 7.98. The van der Waals surface area contributed by atoms with Gasteiger partial charge in [0.15, 0.2) is 16.8 Å². The SMILES string of the molecule is Cn1c(CSc2nnc(-c3ccncc3)n2-c2ccccc2Cl)nnc1-c1ccc(Cl)nc1. The summed E-state index contributed by atoms with van der Waals surface area (Å²) in [7, 11) is 1.92. The summed E-state index contributed by atoms with van der Waals surface area (Å²) >= 11 is 13.9. The van der Waals surface area contributed by atoms with Crippen molar-refractivity contribution in [3.63, 3.8) is 0 Å². The van der Waals surface area contributed by atoms with E-state index in [2.05, 4.69) is 30.4 Å². The predicted molar refractivity (Wildman–Crippen MR) is 128 cm³/mol. The molecule has 164 valence electrons. The molecule has 8 nitrogen and oxygen atoms in total. The molecule has 4 aromatic heterocycles. The summed E-state index contributed by atoms with van der Waals surface area (Å²) in [4.78, 5) is 8.22. The highest BCUT2D eigenvalue weighted by Gasteiger charge is 2.19. The largest absolute Gasteiger partial charge is 0.313 e. The maximum Gasteiger partial charge on any atom is 0.196 e. The first-order chi connectivity index (χ1) is 16.1. The van der Waals surface area contributed by atoms with Gasteiger partial charge >= 0.3 is 0 Å². The maximum atomic E-state index is 6.53. The van der Waals surface area contributed by atoms with Gasteiger partial charge < -0.3 is 4.57 Å². The van der Waals surface area contributed by atoms with Crippen LogP contribution >= 0.6 is 35.0 Å². The third-order valence-corrected chi connectivity index (χ3v) is 6.41. The van der Waals surface area contributed by atoms with Gasteiger partial charge in [0.2, 0.25) is 0 Å². The number of halogens is 2. The number of pyridine rings is 2. The van der Waals surface area contributed by atoms with E-state index in [4.69, 9.17) is 23.2 Å². The van der Waals surface area contributed by atoms with Gasteiger partial charge in [-0.15, -0.1) is 20.4 Å². The Labute approximate surface area is 203 Å². The fraction of sp³-hybridized carbons (Fsp3) is 0.0909. The number of para-hydroxylation sites is 1. The van der Waals surface area contributed by atoms with E-state index in [1.807, 2.05) is 58.6 Å². The second kappa shape index (κ2) is 9.30. The second-order valence-corrected chi connectivity index (χ2v) is 8.72. The van der Waals surface area contributed by atoms with E-state index in [1.54, 1.807) is 24.7 Å². The molecule has 0 saturated carbocycles. The summed E-state index contributed by atoms with van der Waals surface area (Å²) in [5.74, 6) is 2.70. The predicted octanol–water partition coefficient (Wildman–Crippen LogP) is 5.12. The molecule has 0 aliphatic carbocycles. The Balaban J connectivity index is 1.48. The first-order valence-corrected chi connectivity index (χ1v) is 11.6. The van der Waals surface area contributed by atoms with E-state index in [0.29, 0.717) is 32.7 Å². The van der Waals surface area contributed by atoms with E-state index in [1.165, 1.54) is 11.8 Å². The normalized spacial score (nSPS) is 11.1. The smallest absolute Gasteiger partial charge is 0.196 e. The Hall–Kier alpha value is -3.27. The Bertz CT molecular complexity index is 1400. The Morgan fingerprint density at radius 3 is 2.39 bits per heavy atom. The van der Waals surface area contributed by atoms with Crippen LogP contribution in [0, 0.1) is 0 Å². The minimum Gasteiger partial charge on any atom is -0.313 e. The van der Waals surface area contributed by atoms with Crippen molar-refractivity contribution in [1.29, 1.82) is 0 Å². The minimum atomic E-state index is 0.431. The van der Waals surface area contributed by atoms with Gasteiger partial charge in [0.25, 0.3) is 0 Å². The van der Waals surface area contributed by atoms with Gasteiger partial charge in [0, 0.05) is 36.8 Å². The average Bonchev–Trinajstić information content (AvgIpc) is 3.42. The van der Waals surface area contributed by atoms with Crippen LogP contribution in [0.3, 0.4) is 0 Å². The number of hydrogen-bond acceptors (Lipinski definition) is 7. The number of thioether (sulfide) groups is 1. The molecule has 0 bridgehead atoms. The molecule has 5 aromatic rings. The lowest BCUT2D eigenvalue weighted by atomic mass is 10.2. The molecule has 33 heavy (non-hydrogen) atoms. The van der Waals surface area contributed by atoms with Crippen molar-refractivity contribution in [3.8, 4) is 28.5 Å². The van der Waals surface area contributed by atoms with Gasteiger partial charge in [-0.1, -0.05) is 47.1 Å². The lowest BCUT2D eigenvalue weighted by Crippen LogP contribution is -2.02. The third-order valence-electron chi connectivity index (χ3n) is 4.95. The molecule has 0 amide bonds. The fourth-order valence-corrected chi connectivity index (χ4v) is 4.53. The Morgan fingerprint density at radius 1 is 0.848 bits per heavy atom. The second-order valence-electron chi connectivity index (χ2n) is 6.99. The monoisotopic (exact) mass is 494 g/mol. The van der Waals surface area contributed by atoms with Crippen LogP contribution < -0.4 is 0 Å². The van der Waals surface area contributed by atoms with Crippen molar-refractivity contribution >= 4 is 35.0 Å². The van der Waals surface area contributed by atoms with Crippen LogP contribution in [-0.2, 0) is 12.8 Å². The lowest BCUT2D eigenvalue weighted by Gasteiger charge is -2.12. The molecule has 0 fully saturated rings. The molecule has 0 aliphatic heterocycles. The zero-order valence-corrected chi connectivity index (χ0v) is 19.6. The molecule has 0 atom stereocenters. The summed E-state index contributed by atoms with van der Waals surface area (Å²) in [5.41, 5.74) is 2.52. The molecule has 5 rings (SSSR count). The lowest BCUT2D eigenvalue weighted by molar-refractivity contribution is 0.846. The summed E-state index contributed by atoms with van der Waals surface area (Å²) in [5, 5.41) is 19.3. The topological polar surface area (TPSA) is 87.2 Å². The van der Waals surface area contributed by atoms with Crippen LogP contribution in [0.15, 0.2) is 72.3 Å².